The minimum absolute atomic E-state index is 0.0343. The number of carbonyl (C=O) groups is 2. The van der Waals surface area contributed by atoms with Crippen molar-refractivity contribution in [1.82, 2.24) is 4.98 Å². The summed E-state index contributed by atoms with van der Waals surface area (Å²) in [6.07, 6.45) is 1.56. The van der Waals surface area contributed by atoms with Crippen molar-refractivity contribution in [3.8, 4) is 17.2 Å². The van der Waals surface area contributed by atoms with E-state index in [0.29, 0.717) is 11.3 Å². The molecule has 0 bridgehead atoms. The number of carbonyl (C=O) groups excluding carboxylic acids is 2. The number of pyridine rings is 1. The van der Waals surface area contributed by atoms with Crippen LogP contribution in [0, 0.1) is 11.7 Å². The van der Waals surface area contributed by atoms with Crippen LogP contribution in [0.3, 0.4) is 0 Å². The van der Waals surface area contributed by atoms with Gasteiger partial charge in [-0.15, -0.1) is 0 Å². The average Bonchev–Trinajstić information content (AvgIpc) is 3.61. The number of ether oxygens (including phenoxy) is 4. The van der Waals surface area contributed by atoms with Gasteiger partial charge in [0.2, 0.25) is 0 Å². The van der Waals surface area contributed by atoms with Crippen LogP contribution in [0.1, 0.15) is 55.3 Å². The molecule has 178 valence electrons. The number of hydrogen-bond donors (Lipinski definition) is 1. The van der Waals surface area contributed by atoms with Crippen molar-refractivity contribution in [2.24, 2.45) is 5.92 Å². The first-order valence-electron chi connectivity index (χ1n) is 10.7. The summed E-state index contributed by atoms with van der Waals surface area (Å²) in [6.45, 7) is 3.23. The van der Waals surface area contributed by atoms with Gasteiger partial charge in [0.05, 0.1) is 26.2 Å². The molecule has 0 radical (unpaired) electrons. The van der Waals surface area contributed by atoms with E-state index in [1.165, 1.54) is 38.6 Å². The van der Waals surface area contributed by atoms with Crippen molar-refractivity contribution in [3.05, 3.63) is 47.5 Å². The topological polar surface area (TPSA) is 104 Å². The third kappa shape index (κ3) is 5.98. The Morgan fingerprint density at radius 1 is 1.15 bits per heavy atom. The minimum Gasteiger partial charge on any atom is -0.503 e. The van der Waals surface area contributed by atoms with Gasteiger partial charge in [-0.2, -0.15) is 0 Å². The summed E-state index contributed by atoms with van der Waals surface area (Å²) in [4.78, 5) is 29.2. The monoisotopic (exact) mass is 461 g/mol. The van der Waals surface area contributed by atoms with Crippen LogP contribution in [-0.4, -0.2) is 48.3 Å². The van der Waals surface area contributed by atoms with Crippen molar-refractivity contribution in [2.75, 3.05) is 14.2 Å². The average molecular weight is 461 g/mol. The molecule has 0 spiro atoms. The molecule has 1 aliphatic rings. The molecule has 0 saturated heterocycles. The summed E-state index contributed by atoms with van der Waals surface area (Å²) in [5, 5.41) is 10.1. The van der Waals surface area contributed by atoms with Crippen LogP contribution < -0.4 is 9.47 Å². The Morgan fingerprint density at radius 3 is 2.48 bits per heavy atom. The number of esters is 1. The number of benzene rings is 1. The quantitative estimate of drug-likeness (QED) is 0.396. The first kappa shape index (κ1) is 24.4. The molecule has 0 unspecified atom stereocenters. The third-order valence-corrected chi connectivity index (χ3v) is 5.36. The highest BCUT2D eigenvalue weighted by molar-refractivity contribution is 5.99. The fourth-order valence-electron chi connectivity index (χ4n) is 3.39. The van der Waals surface area contributed by atoms with E-state index in [-0.39, 0.29) is 29.7 Å². The van der Waals surface area contributed by atoms with E-state index in [1.807, 2.05) is 0 Å². The number of ketones is 1. The molecular weight excluding hydrogens is 433 g/mol. The molecule has 9 heteroatoms. The fourth-order valence-corrected chi connectivity index (χ4v) is 3.39. The molecule has 1 aliphatic carbocycles. The Balaban J connectivity index is 1.70. The van der Waals surface area contributed by atoms with Crippen LogP contribution in [0.2, 0.25) is 0 Å². The van der Waals surface area contributed by atoms with Crippen molar-refractivity contribution in [2.45, 2.75) is 51.4 Å². The van der Waals surface area contributed by atoms with Crippen LogP contribution in [0.4, 0.5) is 4.39 Å². The predicted molar refractivity (Wildman–Crippen MR) is 116 cm³/mol. The second kappa shape index (κ2) is 10.6. The van der Waals surface area contributed by atoms with Crippen molar-refractivity contribution in [1.29, 1.82) is 0 Å². The van der Waals surface area contributed by atoms with Crippen molar-refractivity contribution in [3.63, 3.8) is 0 Å². The number of aromatic nitrogens is 1. The summed E-state index contributed by atoms with van der Waals surface area (Å²) < 4.78 is 35.6. The zero-order valence-corrected chi connectivity index (χ0v) is 19.0. The number of rotatable bonds is 11. The minimum atomic E-state index is -0.802. The third-order valence-electron chi connectivity index (χ3n) is 5.36. The van der Waals surface area contributed by atoms with Crippen molar-refractivity contribution < 1.29 is 38.0 Å². The SMILES string of the molecule is COc1cc(F)ccc1[C@H](OC1CC1)[C@H](C)OC(=O)[C@H](C)CC(=O)c1nccc(OC)c1O. The highest BCUT2D eigenvalue weighted by Gasteiger charge is 2.34. The van der Waals surface area contributed by atoms with Gasteiger partial charge in [0.15, 0.2) is 23.0 Å². The number of Topliss-reactive ketones (excluding diaryl/α,β-unsaturated/α-hetero) is 1. The van der Waals surface area contributed by atoms with Crippen LogP contribution in [-0.2, 0) is 14.3 Å². The maximum Gasteiger partial charge on any atom is 0.309 e. The summed E-state index contributed by atoms with van der Waals surface area (Å²) >= 11 is 0. The van der Waals surface area contributed by atoms with E-state index in [0.717, 1.165) is 12.8 Å². The molecule has 1 heterocycles. The van der Waals surface area contributed by atoms with Crippen LogP contribution in [0.15, 0.2) is 30.5 Å². The molecule has 3 rings (SSSR count). The maximum absolute atomic E-state index is 13.7. The summed E-state index contributed by atoms with van der Waals surface area (Å²) in [7, 11) is 2.79. The molecule has 1 N–H and O–H groups in total. The Morgan fingerprint density at radius 2 is 1.85 bits per heavy atom. The lowest BCUT2D eigenvalue weighted by atomic mass is 10.0. The Bertz CT molecular complexity index is 1010. The maximum atomic E-state index is 13.7. The molecule has 1 aromatic heterocycles. The zero-order chi connectivity index (χ0) is 24.1. The van der Waals surface area contributed by atoms with Gasteiger partial charge in [-0.3, -0.25) is 9.59 Å². The fraction of sp³-hybridized carbons (Fsp3) is 0.458. The van der Waals surface area contributed by atoms with Crippen molar-refractivity contribution >= 4 is 11.8 Å². The summed E-state index contributed by atoms with van der Waals surface area (Å²) in [5.74, 6) is -2.34. The van der Waals surface area contributed by atoms with E-state index < -0.39 is 35.7 Å². The predicted octanol–water partition coefficient (Wildman–Crippen LogP) is 4.00. The summed E-state index contributed by atoms with van der Waals surface area (Å²) in [6, 6.07) is 5.53. The molecule has 0 amide bonds. The first-order chi connectivity index (χ1) is 15.7. The number of methoxy groups -OCH3 is 2. The lowest BCUT2D eigenvalue weighted by molar-refractivity contribution is -0.161. The second-order valence-corrected chi connectivity index (χ2v) is 8.02. The van der Waals surface area contributed by atoms with Crippen LogP contribution in [0.5, 0.6) is 17.2 Å². The van der Waals surface area contributed by atoms with Crippen LogP contribution in [0.25, 0.3) is 0 Å². The Hall–Kier alpha value is -3.20. The number of halogens is 1. The lowest BCUT2D eigenvalue weighted by Crippen LogP contribution is -2.29. The highest BCUT2D eigenvalue weighted by Crippen LogP contribution is 2.38. The number of hydrogen-bond acceptors (Lipinski definition) is 8. The van der Waals surface area contributed by atoms with Gasteiger partial charge < -0.3 is 24.1 Å². The van der Waals surface area contributed by atoms with Gasteiger partial charge in [-0.25, -0.2) is 9.37 Å². The first-order valence-corrected chi connectivity index (χ1v) is 10.7. The van der Waals surface area contributed by atoms with E-state index in [2.05, 4.69) is 4.98 Å². The molecule has 1 saturated carbocycles. The molecule has 1 aromatic carbocycles. The smallest absolute Gasteiger partial charge is 0.309 e. The highest BCUT2D eigenvalue weighted by atomic mass is 19.1. The largest absolute Gasteiger partial charge is 0.503 e. The summed E-state index contributed by atoms with van der Waals surface area (Å²) in [5.41, 5.74) is 0.397. The number of aromatic hydroxyl groups is 1. The van der Waals surface area contributed by atoms with E-state index in [9.17, 15) is 19.1 Å². The molecule has 3 atom stereocenters. The number of nitrogens with zero attached hydrogens (tertiary/aromatic N) is 1. The lowest BCUT2D eigenvalue weighted by Gasteiger charge is -2.27. The molecular formula is C24H28FNO7. The molecule has 2 aromatic rings. The standard InChI is InChI=1S/C24H28FNO7/c1-13(11-18(27)21-22(28)19(30-3)9-10-26-21)24(29)32-14(2)23(33-16-6-7-16)17-8-5-15(25)12-20(17)31-4/h5,8-10,12-14,16,23,28H,6-7,11H2,1-4H3/t13-,14+,23-/m1/s1. The second-order valence-electron chi connectivity index (χ2n) is 8.02. The van der Waals surface area contributed by atoms with E-state index >= 15 is 0 Å². The van der Waals surface area contributed by atoms with Gasteiger partial charge in [0.25, 0.3) is 0 Å². The Kier molecular flexibility index (Phi) is 7.86. The normalized spacial score (nSPS) is 15.9. The van der Waals surface area contributed by atoms with Crippen LogP contribution >= 0.6 is 0 Å². The Labute approximate surface area is 191 Å². The van der Waals surface area contributed by atoms with E-state index in [4.69, 9.17) is 18.9 Å². The molecule has 8 nitrogen and oxygen atoms in total. The van der Waals surface area contributed by atoms with E-state index in [1.54, 1.807) is 19.9 Å². The van der Waals surface area contributed by atoms with Gasteiger partial charge in [0, 0.05) is 30.3 Å². The van der Waals surface area contributed by atoms with Gasteiger partial charge in [-0.05, 0) is 31.9 Å². The van der Waals surface area contributed by atoms with Gasteiger partial charge >= 0.3 is 5.97 Å². The van der Waals surface area contributed by atoms with Gasteiger partial charge in [-0.1, -0.05) is 6.92 Å². The molecule has 33 heavy (non-hydrogen) atoms. The molecule has 0 aliphatic heterocycles. The molecule has 1 fully saturated rings. The van der Waals surface area contributed by atoms with Gasteiger partial charge in [0.1, 0.15) is 23.8 Å². The zero-order valence-electron chi connectivity index (χ0n) is 19.0.